The average molecular weight is 398 g/mol. The molecule has 1 unspecified atom stereocenters. The third-order valence-electron chi connectivity index (χ3n) is 3.65. The van der Waals surface area contributed by atoms with Crippen LogP contribution < -0.4 is 15.4 Å². The monoisotopic (exact) mass is 397 g/mol. The van der Waals surface area contributed by atoms with Crippen molar-refractivity contribution in [3.63, 3.8) is 0 Å². The van der Waals surface area contributed by atoms with E-state index in [0.29, 0.717) is 13.1 Å². The van der Waals surface area contributed by atoms with Crippen molar-refractivity contribution in [1.29, 1.82) is 0 Å². The molecule has 0 spiro atoms. The summed E-state index contributed by atoms with van der Waals surface area (Å²) in [6, 6.07) is 7.72. The number of aromatic nitrogens is 1. The Kier molecular flexibility index (Phi) is 6.65. The fraction of sp³-hybridized carbons (Fsp3) is 0.471. The van der Waals surface area contributed by atoms with Gasteiger partial charge in [-0.15, -0.1) is 0 Å². The van der Waals surface area contributed by atoms with Crippen LogP contribution in [-0.2, 0) is 4.79 Å². The molecule has 1 aromatic heterocycles. The van der Waals surface area contributed by atoms with E-state index in [0.717, 1.165) is 16.7 Å². The smallest absolute Gasteiger partial charge is 0.230 e. The Bertz CT molecular complexity index is 672. The molecule has 0 saturated carbocycles. The fourth-order valence-corrected chi connectivity index (χ4v) is 2.45. The standard InChI is InChI=1S/C17H24BrN3O3/c1-17(2,11-20-16(23)8-18)21-9-12(22)10-24-15-5-3-4-14-13(15)6-7-19-14/h3-7,12,19,21-22H,8-11H2,1-2H3,(H,20,23). The number of alkyl halides is 1. The van der Waals surface area contributed by atoms with E-state index in [1.165, 1.54) is 0 Å². The van der Waals surface area contributed by atoms with Crippen molar-refractivity contribution in [1.82, 2.24) is 15.6 Å². The molecule has 2 aromatic rings. The van der Waals surface area contributed by atoms with Crippen LogP contribution in [0.3, 0.4) is 0 Å². The van der Waals surface area contributed by atoms with Crippen molar-refractivity contribution in [3.05, 3.63) is 30.5 Å². The van der Waals surface area contributed by atoms with E-state index in [9.17, 15) is 9.90 Å². The van der Waals surface area contributed by atoms with Crippen molar-refractivity contribution >= 4 is 32.7 Å². The van der Waals surface area contributed by atoms with Gasteiger partial charge in [-0.25, -0.2) is 0 Å². The van der Waals surface area contributed by atoms with E-state index >= 15 is 0 Å². The molecule has 0 aliphatic heterocycles. The summed E-state index contributed by atoms with van der Waals surface area (Å²) in [5, 5.41) is 17.5. The number of halogens is 1. The number of aliphatic hydroxyl groups excluding tert-OH is 1. The topological polar surface area (TPSA) is 86.4 Å². The van der Waals surface area contributed by atoms with Gasteiger partial charge in [0.1, 0.15) is 18.5 Å². The van der Waals surface area contributed by atoms with E-state index in [1.807, 2.05) is 44.3 Å². The SMILES string of the molecule is CC(C)(CNC(=O)CBr)NCC(O)COc1cccc2[nH]ccc12. The number of carbonyl (C=O) groups excluding carboxylic acids is 1. The quantitative estimate of drug-likeness (QED) is 0.485. The summed E-state index contributed by atoms with van der Waals surface area (Å²) in [7, 11) is 0. The second-order valence-corrected chi connectivity index (χ2v) is 6.90. The molecular formula is C17H24BrN3O3. The molecule has 1 atom stereocenters. The molecule has 1 aromatic carbocycles. The molecule has 0 bridgehead atoms. The molecule has 132 valence electrons. The Morgan fingerprint density at radius 2 is 2.21 bits per heavy atom. The van der Waals surface area contributed by atoms with Crippen molar-refractivity contribution in [2.45, 2.75) is 25.5 Å². The zero-order chi connectivity index (χ0) is 17.6. The van der Waals surface area contributed by atoms with Gasteiger partial charge in [-0.3, -0.25) is 4.79 Å². The van der Waals surface area contributed by atoms with Gasteiger partial charge in [-0.2, -0.15) is 0 Å². The van der Waals surface area contributed by atoms with E-state index in [2.05, 4.69) is 31.5 Å². The maximum Gasteiger partial charge on any atom is 0.230 e. The molecule has 1 amide bonds. The van der Waals surface area contributed by atoms with Gasteiger partial charge in [0.05, 0.1) is 5.33 Å². The van der Waals surface area contributed by atoms with Gasteiger partial charge in [-0.1, -0.05) is 22.0 Å². The zero-order valence-corrected chi connectivity index (χ0v) is 15.5. The van der Waals surface area contributed by atoms with Gasteiger partial charge in [-0.05, 0) is 32.0 Å². The Hall–Kier alpha value is -1.57. The number of benzene rings is 1. The highest BCUT2D eigenvalue weighted by atomic mass is 79.9. The summed E-state index contributed by atoms with van der Waals surface area (Å²) < 4.78 is 5.73. The molecule has 4 N–H and O–H groups in total. The Morgan fingerprint density at radius 3 is 2.96 bits per heavy atom. The largest absolute Gasteiger partial charge is 0.490 e. The Balaban J connectivity index is 1.78. The number of aliphatic hydroxyl groups is 1. The van der Waals surface area contributed by atoms with Crippen LogP contribution in [0.25, 0.3) is 10.9 Å². The normalized spacial score (nSPS) is 13.0. The summed E-state index contributed by atoms with van der Waals surface area (Å²) in [5.41, 5.74) is 0.684. The van der Waals surface area contributed by atoms with Crippen LogP contribution in [0.5, 0.6) is 5.75 Å². The average Bonchev–Trinajstić information content (AvgIpc) is 3.05. The van der Waals surface area contributed by atoms with Crippen molar-refractivity contribution in [3.8, 4) is 5.75 Å². The summed E-state index contributed by atoms with van der Waals surface area (Å²) in [6.07, 6.45) is 1.21. The molecule has 0 fully saturated rings. The van der Waals surface area contributed by atoms with E-state index in [4.69, 9.17) is 4.74 Å². The summed E-state index contributed by atoms with van der Waals surface area (Å²) >= 11 is 3.11. The molecule has 24 heavy (non-hydrogen) atoms. The molecular weight excluding hydrogens is 374 g/mol. The first-order valence-corrected chi connectivity index (χ1v) is 8.98. The summed E-state index contributed by atoms with van der Waals surface area (Å²) in [6.45, 7) is 4.99. The third-order valence-corrected chi connectivity index (χ3v) is 4.16. The lowest BCUT2D eigenvalue weighted by atomic mass is 10.1. The van der Waals surface area contributed by atoms with Crippen LogP contribution in [0.15, 0.2) is 30.5 Å². The lowest BCUT2D eigenvalue weighted by molar-refractivity contribution is -0.118. The van der Waals surface area contributed by atoms with Crippen LogP contribution in [0.4, 0.5) is 0 Å². The molecule has 0 radical (unpaired) electrons. The van der Waals surface area contributed by atoms with Crippen LogP contribution in [0, 0.1) is 0 Å². The first-order chi connectivity index (χ1) is 11.4. The lowest BCUT2D eigenvalue weighted by Gasteiger charge is -2.28. The van der Waals surface area contributed by atoms with E-state index < -0.39 is 6.10 Å². The first kappa shape index (κ1) is 18.8. The molecule has 1 heterocycles. The predicted octanol–water partition coefficient (Wildman–Crippen LogP) is 1.79. The minimum absolute atomic E-state index is 0.0617. The van der Waals surface area contributed by atoms with Crippen molar-refractivity contribution < 1.29 is 14.6 Å². The maximum absolute atomic E-state index is 11.3. The number of nitrogens with one attached hydrogen (secondary N) is 3. The number of β-amino-alcohol motifs (C(OH)–C–C–N with tert-alkyl or cyclic N) is 1. The molecule has 2 rings (SSSR count). The number of aromatic amines is 1. The molecule has 7 heteroatoms. The van der Waals surface area contributed by atoms with E-state index in [1.54, 1.807) is 0 Å². The lowest BCUT2D eigenvalue weighted by Crippen LogP contribution is -2.51. The highest BCUT2D eigenvalue weighted by Gasteiger charge is 2.19. The third kappa shape index (κ3) is 5.51. The van der Waals surface area contributed by atoms with Crippen LogP contribution >= 0.6 is 15.9 Å². The number of rotatable bonds is 9. The van der Waals surface area contributed by atoms with Gasteiger partial charge in [0.25, 0.3) is 0 Å². The summed E-state index contributed by atoms with van der Waals surface area (Å²) in [5.74, 6) is 0.685. The number of hydrogen-bond donors (Lipinski definition) is 4. The Morgan fingerprint density at radius 1 is 1.42 bits per heavy atom. The number of amides is 1. The van der Waals surface area contributed by atoms with Crippen LogP contribution in [0.2, 0.25) is 0 Å². The van der Waals surface area contributed by atoms with Gasteiger partial charge >= 0.3 is 0 Å². The highest BCUT2D eigenvalue weighted by Crippen LogP contribution is 2.24. The van der Waals surface area contributed by atoms with Crippen molar-refractivity contribution in [2.75, 3.05) is 25.0 Å². The predicted molar refractivity (Wildman–Crippen MR) is 98.7 cm³/mol. The molecule has 0 saturated heterocycles. The minimum Gasteiger partial charge on any atom is -0.490 e. The van der Waals surface area contributed by atoms with Gasteiger partial charge in [0.2, 0.25) is 5.91 Å². The highest BCUT2D eigenvalue weighted by molar-refractivity contribution is 9.09. The molecule has 0 aliphatic rings. The van der Waals surface area contributed by atoms with E-state index in [-0.39, 0.29) is 23.4 Å². The fourth-order valence-electron chi connectivity index (χ4n) is 2.25. The van der Waals surface area contributed by atoms with Crippen LogP contribution in [-0.4, -0.2) is 52.7 Å². The van der Waals surface area contributed by atoms with Gasteiger partial charge in [0, 0.05) is 35.7 Å². The maximum atomic E-state index is 11.3. The molecule has 6 nitrogen and oxygen atoms in total. The summed E-state index contributed by atoms with van der Waals surface area (Å²) in [4.78, 5) is 14.4. The molecule has 0 aliphatic carbocycles. The number of fused-ring (bicyclic) bond motifs is 1. The van der Waals surface area contributed by atoms with Gasteiger partial charge < -0.3 is 25.5 Å². The first-order valence-electron chi connectivity index (χ1n) is 7.86. The number of carbonyl (C=O) groups is 1. The van der Waals surface area contributed by atoms with Crippen LogP contribution in [0.1, 0.15) is 13.8 Å². The zero-order valence-electron chi connectivity index (χ0n) is 13.9. The Labute approximate surface area is 150 Å². The number of hydrogen-bond acceptors (Lipinski definition) is 4. The second kappa shape index (κ2) is 8.50. The van der Waals surface area contributed by atoms with Crippen molar-refractivity contribution in [2.24, 2.45) is 0 Å². The number of H-pyrrole nitrogens is 1. The second-order valence-electron chi connectivity index (χ2n) is 6.34. The number of ether oxygens (including phenoxy) is 1. The van der Waals surface area contributed by atoms with Gasteiger partial charge in [0.15, 0.2) is 0 Å². The minimum atomic E-state index is -0.648.